The van der Waals surface area contributed by atoms with E-state index in [1.54, 1.807) is 44.8 Å². The van der Waals surface area contributed by atoms with Gasteiger partial charge in [-0.05, 0) is 53.4 Å². The maximum absolute atomic E-state index is 13.6. The molecule has 3 aromatic rings. The molecule has 0 aliphatic carbocycles. The van der Waals surface area contributed by atoms with Crippen LogP contribution in [-0.2, 0) is 9.53 Å². The van der Waals surface area contributed by atoms with Crippen LogP contribution >= 0.6 is 38.6 Å². The smallest absolute Gasteiger partial charge is 0.338 e. The van der Waals surface area contributed by atoms with Crippen molar-refractivity contribution in [3.05, 3.63) is 75.5 Å². The lowest BCUT2D eigenvalue weighted by molar-refractivity contribution is -0.139. The summed E-state index contributed by atoms with van der Waals surface area (Å²) in [5.41, 5.74) is 1.40. The number of hydrogen-bond acceptors (Lipinski definition) is 8. The number of fused-ring (bicyclic) bond motifs is 1. The van der Waals surface area contributed by atoms with Gasteiger partial charge < -0.3 is 14.2 Å². The van der Waals surface area contributed by atoms with Gasteiger partial charge in [-0.15, -0.1) is 11.3 Å². The van der Waals surface area contributed by atoms with E-state index in [9.17, 15) is 9.59 Å². The Balaban J connectivity index is 1.94. The zero-order chi connectivity index (χ0) is 23.7. The molecule has 1 aliphatic heterocycles. The molecule has 0 fully saturated rings. The highest BCUT2D eigenvalue weighted by molar-refractivity contribution is 9.10. The summed E-state index contributed by atoms with van der Waals surface area (Å²) in [7, 11) is 3.14. The van der Waals surface area contributed by atoms with Crippen LogP contribution in [0.25, 0.3) is 6.08 Å². The number of carbonyl (C=O) groups excluding carboxylic acids is 1. The number of benzene rings is 1. The Bertz CT molecular complexity index is 1420. The second-order valence-corrected chi connectivity index (χ2v) is 9.89. The van der Waals surface area contributed by atoms with E-state index in [-0.39, 0.29) is 12.2 Å². The molecular formula is C23H21BrN2O5S2. The molecule has 3 heterocycles. The van der Waals surface area contributed by atoms with E-state index in [0.717, 1.165) is 9.35 Å². The number of ether oxygens (including phenoxy) is 3. The normalized spacial score (nSPS) is 15.8. The van der Waals surface area contributed by atoms with E-state index < -0.39 is 12.0 Å². The summed E-state index contributed by atoms with van der Waals surface area (Å²) in [4.78, 5) is 32.4. The largest absolute Gasteiger partial charge is 0.496 e. The molecule has 0 spiro atoms. The van der Waals surface area contributed by atoms with Crippen LogP contribution in [0, 0.1) is 0 Å². The number of aromatic nitrogens is 1. The maximum atomic E-state index is 13.6. The molecule has 0 N–H and O–H groups in total. The summed E-state index contributed by atoms with van der Waals surface area (Å²) in [6, 6.07) is 6.81. The minimum atomic E-state index is -0.591. The number of hydrogen-bond donors (Lipinski definition) is 0. The molecule has 33 heavy (non-hydrogen) atoms. The van der Waals surface area contributed by atoms with E-state index in [2.05, 4.69) is 20.9 Å². The van der Waals surface area contributed by atoms with Crippen molar-refractivity contribution in [3.8, 4) is 11.5 Å². The van der Waals surface area contributed by atoms with Crippen LogP contribution < -0.4 is 24.4 Å². The van der Waals surface area contributed by atoms with Gasteiger partial charge in [0.1, 0.15) is 17.5 Å². The summed E-state index contributed by atoms with van der Waals surface area (Å²) in [6.07, 6.45) is 1.77. The van der Waals surface area contributed by atoms with Gasteiger partial charge in [0.25, 0.3) is 5.56 Å². The first kappa shape index (κ1) is 23.5. The fourth-order valence-corrected chi connectivity index (χ4v) is 6.03. The van der Waals surface area contributed by atoms with Crippen molar-refractivity contribution in [2.24, 2.45) is 4.99 Å². The van der Waals surface area contributed by atoms with E-state index in [1.165, 1.54) is 22.7 Å². The van der Waals surface area contributed by atoms with Crippen molar-refractivity contribution in [2.75, 3.05) is 20.8 Å². The van der Waals surface area contributed by atoms with Crippen molar-refractivity contribution >= 4 is 50.6 Å². The van der Waals surface area contributed by atoms with E-state index >= 15 is 0 Å². The van der Waals surface area contributed by atoms with Gasteiger partial charge in [0.15, 0.2) is 4.80 Å². The highest BCUT2D eigenvalue weighted by Crippen LogP contribution is 2.34. The molecule has 0 saturated carbocycles. The Hall–Kier alpha value is -2.69. The molecule has 1 aromatic carbocycles. The van der Waals surface area contributed by atoms with Gasteiger partial charge in [-0.3, -0.25) is 9.36 Å². The molecular weight excluding hydrogens is 528 g/mol. The summed E-state index contributed by atoms with van der Waals surface area (Å²) in [5, 5.41) is 1.92. The number of halogens is 1. The number of nitrogens with zero attached hydrogens (tertiary/aromatic N) is 2. The first-order valence-corrected chi connectivity index (χ1v) is 12.5. The van der Waals surface area contributed by atoms with Crippen LogP contribution in [0.1, 0.15) is 30.3 Å². The predicted molar refractivity (Wildman–Crippen MR) is 132 cm³/mol. The number of carbonyl (C=O) groups is 1. The van der Waals surface area contributed by atoms with Crippen molar-refractivity contribution in [2.45, 2.75) is 19.9 Å². The van der Waals surface area contributed by atoms with Gasteiger partial charge in [0.2, 0.25) is 0 Å². The Morgan fingerprint density at radius 3 is 2.67 bits per heavy atom. The Labute approximate surface area is 206 Å². The van der Waals surface area contributed by atoms with Crippen LogP contribution in [-0.4, -0.2) is 31.4 Å². The first-order valence-electron chi connectivity index (χ1n) is 10.0. The van der Waals surface area contributed by atoms with Gasteiger partial charge in [-0.25, -0.2) is 9.79 Å². The van der Waals surface area contributed by atoms with Crippen molar-refractivity contribution < 1.29 is 19.0 Å². The number of methoxy groups -OCH3 is 2. The summed E-state index contributed by atoms with van der Waals surface area (Å²) in [6.45, 7) is 3.76. The number of thiophene rings is 1. The van der Waals surface area contributed by atoms with Crippen LogP contribution in [0.4, 0.5) is 0 Å². The van der Waals surface area contributed by atoms with Gasteiger partial charge in [-0.1, -0.05) is 17.4 Å². The third-order valence-corrected chi connectivity index (χ3v) is 7.65. The third-order valence-electron chi connectivity index (χ3n) is 5.12. The average Bonchev–Trinajstić information content (AvgIpc) is 3.42. The fraction of sp³-hybridized carbons (Fsp3) is 0.261. The average molecular weight is 549 g/mol. The van der Waals surface area contributed by atoms with E-state index in [1.807, 2.05) is 23.6 Å². The van der Waals surface area contributed by atoms with Gasteiger partial charge in [0.05, 0.1) is 41.1 Å². The highest BCUT2D eigenvalue weighted by Gasteiger charge is 2.33. The standard InChI is InChI=1S/C23H21BrN2O5S2/c1-5-31-22(28)19-12(2)25-23-26(20(19)17-7-6-8-32-17)21(27)18(33-23)10-13-9-14(24)16(30-4)11-15(13)29-3/h6-11,20H,5H2,1-4H3/b18-10+/t20-/m1/s1. The number of thiazole rings is 1. The molecule has 0 saturated heterocycles. The molecule has 0 unspecified atom stereocenters. The van der Waals surface area contributed by atoms with Crippen molar-refractivity contribution in [3.63, 3.8) is 0 Å². The van der Waals surface area contributed by atoms with Crippen molar-refractivity contribution in [1.29, 1.82) is 0 Å². The Morgan fingerprint density at radius 2 is 2.03 bits per heavy atom. The minimum absolute atomic E-state index is 0.236. The van der Waals surface area contributed by atoms with Gasteiger partial charge in [-0.2, -0.15) is 0 Å². The van der Waals surface area contributed by atoms with E-state index in [4.69, 9.17) is 14.2 Å². The lowest BCUT2D eigenvalue weighted by Gasteiger charge is -2.23. The molecule has 2 aromatic heterocycles. The lowest BCUT2D eigenvalue weighted by Crippen LogP contribution is -2.39. The Kier molecular flexibility index (Phi) is 6.87. The zero-order valence-electron chi connectivity index (χ0n) is 18.4. The summed E-state index contributed by atoms with van der Waals surface area (Å²) >= 11 is 6.23. The molecule has 0 radical (unpaired) electrons. The molecule has 0 amide bonds. The lowest BCUT2D eigenvalue weighted by atomic mass is 10.0. The minimum Gasteiger partial charge on any atom is -0.496 e. The first-order chi connectivity index (χ1) is 15.9. The molecule has 172 valence electrons. The molecule has 4 rings (SSSR count). The third kappa shape index (κ3) is 4.30. The van der Waals surface area contributed by atoms with Crippen molar-refractivity contribution in [1.82, 2.24) is 4.57 Å². The SMILES string of the molecule is CCOC(=O)C1=C(C)N=c2s/c(=C/c3cc(Br)c(OC)cc3OC)c(=O)n2[C@@H]1c1cccs1. The number of esters is 1. The zero-order valence-corrected chi connectivity index (χ0v) is 21.6. The molecule has 1 atom stereocenters. The second kappa shape index (κ2) is 9.66. The second-order valence-electron chi connectivity index (χ2n) is 7.05. The molecule has 0 bridgehead atoms. The van der Waals surface area contributed by atoms with Crippen LogP contribution in [0.3, 0.4) is 0 Å². The predicted octanol–water partition coefficient (Wildman–Crippen LogP) is 3.64. The summed E-state index contributed by atoms with van der Waals surface area (Å²) < 4.78 is 18.9. The highest BCUT2D eigenvalue weighted by atomic mass is 79.9. The Morgan fingerprint density at radius 1 is 1.27 bits per heavy atom. The molecule has 1 aliphatic rings. The van der Waals surface area contributed by atoms with Crippen LogP contribution in [0.5, 0.6) is 11.5 Å². The monoisotopic (exact) mass is 548 g/mol. The molecule has 7 nitrogen and oxygen atoms in total. The maximum Gasteiger partial charge on any atom is 0.338 e. The van der Waals surface area contributed by atoms with Gasteiger partial charge >= 0.3 is 5.97 Å². The molecule has 10 heteroatoms. The fourth-order valence-electron chi connectivity index (χ4n) is 3.64. The van der Waals surface area contributed by atoms with Crippen LogP contribution in [0.2, 0.25) is 0 Å². The number of allylic oxidation sites excluding steroid dienone is 1. The summed E-state index contributed by atoms with van der Waals surface area (Å²) in [5.74, 6) is 0.726. The van der Waals surface area contributed by atoms with Crippen LogP contribution in [0.15, 0.2) is 55.2 Å². The quantitative estimate of drug-likeness (QED) is 0.439. The topological polar surface area (TPSA) is 79.1 Å². The van der Waals surface area contributed by atoms with E-state index in [0.29, 0.717) is 37.7 Å². The van der Waals surface area contributed by atoms with Gasteiger partial charge in [0, 0.05) is 16.5 Å². The number of rotatable bonds is 6.